The van der Waals surface area contributed by atoms with Gasteiger partial charge in [-0.05, 0) is 20.4 Å². The Balaban J connectivity index is 1.74. The Morgan fingerprint density at radius 2 is 1.96 bits per heavy atom. The van der Waals surface area contributed by atoms with Crippen molar-refractivity contribution in [2.75, 3.05) is 33.2 Å². The number of ether oxygens (including phenoxy) is 1. The number of hydrogen-bond acceptors (Lipinski definition) is 6. The van der Waals surface area contributed by atoms with Crippen molar-refractivity contribution in [1.82, 2.24) is 14.7 Å². The van der Waals surface area contributed by atoms with Crippen LogP contribution in [0.2, 0.25) is 0 Å². The molecule has 142 valence electrons. The van der Waals surface area contributed by atoms with E-state index in [1.54, 1.807) is 0 Å². The molecular weight excluding hydrogens is 341 g/mol. The molecule has 0 bridgehead atoms. The number of carbonyl (C=O) groups is 2. The average molecular weight is 365 g/mol. The maximum absolute atomic E-state index is 14.3. The molecule has 7 nitrogen and oxygen atoms in total. The quantitative estimate of drug-likeness (QED) is 0.726. The third-order valence-corrected chi connectivity index (χ3v) is 5.96. The number of nitrogens with zero attached hydrogens (tertiary/aromatic N) is 3. The lowest BCUT2D eigenvalue weighted by molar-refractivity contribution is -0.142. The van der Waals surface area contributed by atoms with Crippen molar-refractivity contribution in [2.45, 2.75) is 38.1 Å². The molecule has 8 heteroatoms. The van der Waals surface area contributed by atoms with E-state index in [9.17, 15) is 19.1 Å². The number of carboxylic acids is 1. The molecule has 3 heterocycles. The third kappa shape index (κ3) is 2.67. The van der Waals surface area contributed by atoms with Crippen LogP contribution < -0.4 is 0 Å². The molecule has 2 fully saturated rings. The highest BCUT2D eigenvalue weighted by Crippen LogP contribution is 2.43. The molecule has 1 saturated carbocycles. The van der Waals surface area contributed by atoms with E-state index in [2.05, 4.69) is 16.8 Å². The number of aliphatic carboxylic acids is 1. The van der Waals surface area contributed by atoms with Crippen molar-refractivity contribution in [1.29, 1.82) is 0 Å². The number of ketones is 1. The van der Waals surface area contributed by atoms with Crippen LogP contribution in [0.1, 0.15) is 19.8 Å². The standard InChI is InChI=1S/C18H24FN3O4/c1-10-17(21-5-3-20(2)4-6-21)26-14-8-11(19)7-12-15(14)22(10)9-13(16(12)23)18(24)25/h9,11-12,14-15H,3-8H2,1-2H3,(H,24,25). The first-order chi connectivity index (χ1) is 12.4. The second-order valence-corrected chi connectivity index (χ2v) is 7.62. The maximum Gasteiger partial charge on any atom is 0.340 e. The van der Waals surface area contributed by atoms with E-state index >= 15 is 0 Å². The smallest absolute Gasteiger partial charge is 0.340 e. The fraction of sp³-hybridized carbons (Fsp3) is 0.667. The van der Waals surface area contributed by atoms with Crippen LogP contribution in [0.25, 0.3) is 0 Å². The predicted molar refractivity (Wildman–Crippen MR) is 90.6 cm³/mol. The molecule has 3 aliphatic heterocycles. The monoisotopic (exact) mass is 365 g/mol. The van der Waals surface area contributed by atoms with E-state index < -0.39 is 29.9 Å². The van der Waals surface area contributed by atoms with E-state index in [0.29, 0.717) is 5.88 Å². The van der Waals surface area contributed by atoms with Crippen LogP contribution in [0.3, 0.4) is 0 Å². The summed E-state index contributed by atoms with van der Waals surface area (Å²) in [6, 6.07) is -0.325. The lowest BCUT2D eigenvalue weighted by Crippen LogP contribution is -2.60. The molecule has 4 aliphatic rings. The van der Waals surface area contributed by atoms with Crippen LogP contribution in [-0.2, 0) is 14.3 Å². The lowest BCUT2D eigenvalue weighted by atomic mass is 9.74. The van der Waals surface area contributed by atoms with Crippen LogP contribution in [0.15, 0.2) is 23.4 Å². The average Bonchev–Trinajstić information content (AvgIpc) is 2.60. The zero-order valence-corrected chi connectivity index (χ0v) is 15.0. The van der Waals surface area contributed by atoms with Crippen molar-refractivity contribution < 1.29 is 23.8 Å². The van der Waals surface area contributed by atoms with E-state index in [-0.39, 0.29) is 24.5 Å². The highest BCUT2D eigenvalue weighted by molar-refractivity contribution is 6.18. The fourth-order valence-electron chi connectivity index (χ4n) is 4.54. The Bertz CT molecular complexity index is 699. The first kappa shape index (κ1) is 17.3. The molecule has 0 spiro atoms. The first-order valence-corrected chi connectivity index (χ1v) is 9.09. The third-order valence-electron chi connectivity index (χ3n) is 5.96. The number of halogens is 1. The van der Waals surface area contributed by atoms with E-state index in [1.807, 2.05) is 11.8 Å². The van der Waals surface area contributed by atoms with Gasteiger partial charge in [-0.3, -0.25) is 4.79 Å². The molecule has 4 rings (SSSR count). The highest BCUT2D eigenvalue weighted by Gasteiger charge is 2.52. The minimum Gasteiger partial charge on any atom is -0.478 e. The molecular formula is C18H24FN3O4. The zero-order chi connectivity index (χ0) is 18.6. The Hall–Kier alpha value is -2.09. The van der Waals surface area contributed by atoms with Gasteiger partial charge in [-0.15, -0.1) is 0 Å². The van der Waals surface area contributed by atoms with Gasteiger partial charge in [0, 0.05) is 44.7 Å². The molecule has 1 aliphatic carbocycles. The normalized spacial score (nSPS) is 35.0. The maximum atomic E-state index is 14.3. The number of Topliss-reactive ketones (excluding diaryl/α,β-unsaturated/α-hetero) is 1. The molecule has 4 unspecified atom stereocenters. The predicted octanol–water partition coefficient (Wildman–Crippen LogP) is 0.792. The molecule has 0 aromatic carbocycles. The van der Waals surface area contributed by atoms with Gasteiger partial charge in [0.05, 0.1) is 11.7 Å². The van der Waals surface area contributed by atoms with Gasteiger partial charge in [0.1, 0.15) is 17.8 Å². The van der Waals surface area contributed by atoms with Crippen LogP contribution in [0.5, 0.6) is 0 Å². The topological polar surface area (TPSA) is 73.3 Å². The van der Waals surface area contributed by atoms with Crippen molar-refractivity contribution in [3.63, 3.8) is 0 Å². The van der Waals surface area contributed by atoms with Crippen molar-refractivity contribution in [3.8, 4) is 0 Å². The van der Waals surface area contributed by atoms with Gasteiger partial charge >= 0.3 is 5.97 Å². The van der Waals surface area contributed by atoms with Gasteiger partial charge in [-0.25, -0.2) is 9.18 Å². The van der Waals surface area contributed by atoms with Gasteiger partial charge in [-0.1, -0.05) is 0 Å². The van der Waals surface area contributed by atoms with Gasteiger partial charge in [-0.2, -0.15) is 0 Å². The fourth-order valence-corrected chi connectivity index (χ4v) is 4.54. The van der Waals surface area contributed by atoms with E-state index in [4.69, 9.17) is 4.74 Å². The van der Waals surface area contributed by atoms with Crippen molar-refractivity contribution in [3.05, 3.63) is 23.4 Å². The highest BCUT2D eigenvalue weighted by atomic mass is 19.1. The number of piperazine rings is 1. The summed E-state index contributed by atoms with van der Waals surface area (Å²) >= 11 is 0. The molecule has 1 saturated heterocycles. The summed E-state index contributed by atoms with van der Waals surface area (Å²) in [6.45, 7) is 5.28. The van der Waals surface area contributed by atoms with Gasteiger partial charge in [0.2, 0.25) is 5.88 Å². The molecule has 4 atom stereocenters. The zero-order valence-electron chi connectivity index (χ0n) is 15.0. The van der Waals surface area contributed by atoms with Crippen LogP contribution >= 0.6 is 0 Å². The molecule has 26 heavy (non-hydrogen) atoms. The van der Waals surface area contributed by atoms with Crippen molar-refractivity contribution in [2.24, 2.45) is 5.92 Å². The van der Waals surface area contributed by atoms with Gasteiger partial charge in [0.15, 0.2) is 5.78 Å². The number of alkyl halides is 1. The Morgan fingerprint density at radius 3 is 2.62 bits per heavy atom. The molecule has 0 aromatic rings. The largest absolute Gasteiger partial charge is 0.478 e. The Morgan fingerprint density at radius 1 is 1.27 bits per heavy atom. The summed E-state index contributed by atoms with van der Waals surface area (Å²) in [5, 5.41) is 9.42. The van der Waals surface area contributed by atoms with Crippen LogP contribution in [0.4, 0.5) is 4.39 Å². The molecule has 0 amide bonds. The minimum absolute atomic E-state index is 0.0571. The SMILES string of the molecule is CC1=C(N2CCN(C)CC2)OC2CC(F)CC3C(=O)C(C(=O)O)=CN1C23. The lowest BCUT2D eigenvalue weighted by Gasteiger charge is -2.52. The second kappa shape index (κ2) is 6.26. The van der Waals surface area contributed by atoms with E-state index in [0.717, 1.165) is 31.9 Å². The first-order valence-electron chi connectivity index (χ1n) is 9.09. The molecule has 0 radical (unpaired) electrons. The number of likely N-dealkylation sites (N-methyl/N-ethyl adjacent to an activating group) is 1. The number of carboxylic acid groups (broad SMARTS) is 1. The number of rotatable bonds is 2. The summed E-state index contributed by atoms with van der Waals surface area (Å²) < 4.78 is 20.5. The second-order valence-electron chi connectivity index (χ2n) is 7.62. The van der Waals surface area contributed by atoms with E-state index in [1.165, 1.54) is 6.20 Å². The number of carbonyl (C=O) groups excluding carboxylic acids is 1. The van der Waals surface area contributed by atoms with Gasteiger partial charge < -0.3 is 24.5 Å². The van der Waals surface area contributed by atoms with Crippen LogP contribution in [-0.4, -0.2) is 83.1 Å². The Labute approximate surface area is 151 Å². The molecule has 1 N–H and O–H groups in total. The van der Waals surface area contributed by atoms with Crippen molar-refractivity contribution >= 4 is 11.8 Å². The summed E-state index contributed by atoms with van der Waals surface area (Å²) in [7, 11) is 2.06. The van der Waals surface area contributed by atoms with Crippen LogP contribution in [0, 0.1) is 5.92 Å². The minimum atomic E-state index is -1.26. The summed E-state index contributed by atoms with van der Waals surface area (Å²) in [6.07, 6.45) is 0.100. The summed E-state index contributed by atoms with van der Waals surface area (Å²) in [5.41, 5.74) is 0.530. The Kier molecular flexibility index (Phi) is 4.17. The van der Waals surface area contributed by atoms with Gasteiger partial charge in [0.25, 0.3) is 0 Å². The molecule has 0 aromatic heterocycles. The number of allylic oxidation sites excluding steroid dienone is 1. The summed E-state index contributed by atoms with van der Waals surface area (Å²) in [5.74, 6) is -1.73. The summed E-state index contributed by atoms with van der Waals surface area (Å²) in [4.78, 5) is 30.3. The number of hydrogen-bond donors (Lipinski definition) is 1.